The summed E-state index contributed by atoms with van der Waals surface area (Å²) in [6.07, 6.45) is -8.81. The van der Waals surface area contributed by atoms with Gasteiger partial charge in [-0.15, -0.1) is 0 Å². The Labute approximate surface area is 130 Å². The summed E-state index contributed by atoms with van der Waals surface area (Å²) in [4.78, 5) is 12.9. The number of amides is 1. The standard InChI is InChI=1S/C14H16F3NO5/c15-14(16,17)12(20)5-6-22-10-3-1-9(2-4-10)18-7-11(8-19)23-13(18)21/h1-4,11-12,19-20H,5-8H2/t11?,12-/m1/s1. The van der Waals surface area contributed by atoms with Gasteiger partial charge in [-0.25, -0.2) is 4.79 Å². The van der Waals surface area contributed by atoms with Gasteiger partial charge in [0.1, 0.15) is 11.9 Å². The Morgan fingerprint density at radius 2 is 2.00 bits per heavy atom. The van der Waals surface area contributed by atoms with Crippen molar-refractivity contribution in [1.29, 1.82) is 0 Å². The summed E-state index contributed by atoms with van der Waals surface area (Å²) in [5.74, 6) is 0.314. The van der Waals surface area contributed by atoms with E-state index in [0.717, 1.165) is 0 Å². The first-order chi connectivity index (χ1) is 10.8. The highest BCUT2D eigenvalue weighted by atomic mass is 19.4. The van der Waals surface area contributed by atoms with E-state index in [1.54, 1.807) is 12.1 Å². The van der Waals surface area contributed by atoms with Gasteiger partial charge in [0.2, 0.25) is 0 Å². The Morgan fingerprint density at radius 1 is 1.35 bits per heavy atom. The largest absolute Gasteiger partial charge is 0.493 e. The number of ether oxygens (including phenoxy) is 2. The monoisotopic (exact) mass is 335 g/mol. The number of halogens is 3. The van der Waals surface area contributed by atoms with Crippen LogP contribution in [0.15, 0.2) is 24.3 Å². The molecule has 1 aromatic carbocycles. The van der Waals surface area contributed by atoms with E-state index in [4.69, 9.17) is 19.7 Å². The molecule has 128 valence electrons. The summed E-state index contributed by atoms with van der Waals surface area (Å²) in [5.41, 5.74) is 0.522. The second-order valence-corrected chi connectivity index (χ2v) is 4.99. The summed E-state index contributed by atoms with van der Waals surface area (Å²) >= 11 is 0. The lowest BCUT2D eigenvalue weighted by Gasteiger charge is -2.16. The molecule has 1 aromatic rings. The van der Waals surface area contributed by atoms with Crippen molar-refractivity contribution in [2.24, 2.45) is 0 Å². The number of alkyl halides is 3. The summed E-state index contributed by atoms with van der Waals surface area (Å²) in [5, 5.41) is 17.8. The molecule has 0 aromatic heterocycles. The molecule has 1 aliphatic heterocycles. The van der Waals surface area contributed by atoms with Crippen LogP contribution >= 0.6 is 0 Å². The number of benzene rings is 1. The molecule has 0 bridgehead atoms. The van der Waals surface area contributed by atoms with E-state index < -0.39 is 30.9 Å². The highest BCUT2D eigenvalue weighted by Gasteiger charge is 2.37. The number of nitrogens with zero attached hydrogens (tertiary/aromatic N) is 1. The quantitative estimate of drug-likeness (QED) is 0.827. The van der Waals surface area contributed by atoms with Crippen LogP contribution in [0.1, 0.15) is 6.42 Å². The number of hydrogen-bond donors (Lipinski definition) is 2. The Bertz CT molecular complexity index is 534. The van der Waals surface area contributed by atoms with Gasteiger partial charge >= 0.3 is 12.3 Å². The number of anilines is 1. The van der Waals surface area contributed by atoms with Crippen LogP contribution in [0.3, 0.4) is 0 Å². The second kappa shape index (κ2) is 7.05. The molecule has 0 radical (unpaired) electrons. The Morgan fingerprint density at radius 3 is 2.52 bits per heavy atom. The van der Waals surface area contributed by atoms with E-state index in [2.05, 4.69) is 0 Å². The zero-order valence-electron chi connectivity index (χ0n) is 12.0. The lowest BCUT2D eigenvalue weighted by molar-refractivity contribution is -0.206. The third-order valence-electron chi connectivity index (χ3n) is 3.26. The molecular formula is C14H16F3NO5. The average molecular weight is 335 g/mol. The summed E-state index contributed by atoms with van der Waals surface area (Å²) in [6, 6.07) is 6.09. The summed E-state index contributed by atoms with van der Waals surface area (Å²) in [7, 11) is 0. The normalized spacial score (nSPS) is 19.6. The minimum absolute atomic E-state index is 0.216. The molecule has 0 spiro atoms. The molecule has 1 aliphatic rings. The molecule has 2 atom stereocenters. The smallest absolute Gasteiger partial charge is 0.414 e. The molecule has 23 heavy (non-hydrogen) atoms. The Kier molecular flexibility index (Phi) is 5.32. The molecule has 2 rings (SSSR count). The highest BCUT2D eigenvalue weighted by molar-refractivity contribution is 5.89. The Hall–Kier alpha value is -2.00. The van der Waals surface area contributed by atoms with Crippen molar-refractivity contribution in [3.63, 3.8) is 0 Å². The van der Waals surface area contributed by atoms with Crippen molar-refractivity contribution in [1.82, 2.24) is 0 Å². The lowest BCUT2D eigenvalue weighted by atomic mass is 10.2. The van der Waals surface area contributed by atoms with Crippen molar-refractivity contribution in [3.8, 4) is 5.75 Å². The molecular weight excluding hydrogens is 319 g/mol. The van der Waals surface area contributed by atoms with Gasteiger partial charge in [-0.3, -0.25) is 4.90 Å². The van der Waals surface area contributed by atoms with Crippen LogP contribution in [0.25, 0.3) is 0 Å². The van der Waals surface area contributed by atoms with Gasteiger partial charge < -0.3 is 19.7 Å². The molecule has 9 heteroatoms. The minimum Gasteiger partial charge on any atom is -0.493 e. The zero-order valence-corrected chi connectivity index (χ0v) is 12.0. The predicted molar refractivity (Wildman–Crippen MR) is 73.3 cm³/mol. The van der Waals surface area contributed by atoms with Gasteiger partial charge in [-0.1, -0.05) is 0 Å². The van der Waals surface area contributed by atoms with Crippen molar-refractivity contribution in [2.45, 2.75) is 24.8 Å². The molecule has 0 saturated carbocycles. The van der Waals surface area contributed by atoms with Crippen LogP contribution in [0.5, 0.6) is 5.75 Å². The first-order valence-electron chi connectivity index (χ1n) is 6.88. The lowest BCUT2D eigenvalue weighted by Crippen LogP contribution is -2.30. The van der Waals surface area contributed by atoms with Gasteiger partial charge in [-0.2, -0.15) is 13.2 Å². The summed E-state index contributed by atoms with van der Waals surface area (Å²) < 4.78 is 46.4. The Balaban J connectivity index is 1.87. The molecule has 1 amide bonds. The second-order valence-electron chi connectivity index (χ2n) is 4.99. The van der Waals surface area contributed by atoms with E-state index in [9.17, 15) is 18.0 Å². The van der Waals surface area contributed by atoms with E-state index in [1.165, 1.54) is 17.0 Å². The molecule has 1 unspecified atom stereocenters. The number of aliphatic hydroxyl groups is 2. The number of hydrogen-bond acceptors (Lipinski definition) is 5. The first kappa shape index (κ1) is 17.4. The molecule has 1 heterocycles. The van der Waals surface area contributed by atoms with Crippen LogP contribution in [-0.4, -0.2) is 54.4 Å². The van der Waals surface area contributed by atoms with Crippen LogP contribution < -0.4 is 9.64 Å². The number of carbonyl (C=O) groups excluding carboxylic acids is 1. The van der Waals surface area contributed by atoms with Crippen LogP contribution in [0.4, 0.5) is 23.7 Å². The van der Waals surface area contributed by atoms with Crippen LogP contribution in [-0.2, 0) is 4.74 Å². The number of rotatable bonds is 6. The van der Waals surface area contributed by atoms with E-state index >= 15 is 0 Å². The molecule has 6 nitrogen and oxygen atoms in total. The van der Waals surface area contributed by atoms with Crippen molar-refractivity contribution >= 4 is 11.8 Å². The van der Waals surface area contributed by atoms with Crippen LogP contribution in [0, 0.1) is 0 Å². The van der Waals surface area contributed by atoms with Crippen molar-refractivity contribution < 1.29 is 37.7 Å². The number of cyclic esters (lactones) is 1. The first-order valence-corrected chi connectivity index (χ1v) is 6.88. The average Bonchev–Trinajstić information content (AvgIpc) is 2.88. The summed E-state index contributed by atoms with van der Waals surface area (Å²) in [6.45, 7) is -0.351. The van der Waals surface area contributed by atoms with Gasteiger partial charge in [0, 0.05) is 12.1 Å². The van der Waals surface area contributed by atoms with Gasteiger partial charge in [0.05, 0.1) is 19.8 Å². The maximum atomic E-state index is 12.1. The molecule has 2 N–H and O–H groups in total. The zero-order chi connectivity index (χ0) is 17.0. The fraction of sp³-hybridized carbons (Fsp3) is 0.500. The topological polar surface area (TPSA) is 79.2 Å². The molecule has 1 fully saturated rings. The maximum Gasteiger partial charge on any atom is 0.414 e. The third-order valence-corrected chi connectivity index (χ3v) is 3.26. The van der Waals surface area contributed by atoms with E-state index in [1.807, 2.05) is 0 Å². The molecule has 1 saturated heterocycles. The number of carbonyl (C=O) groups is 1. The van der Waals surface area contributed by atoms with Crippen molar-refractivity contribution in [3.05, 3.63) is 24.3 Å². The van der Waals surface area contributed by atoms with E-state index in [-0.39, 0.29) is 19.8 Å². The fourth-order valence-corrected chi connectivity index (χ4v) is 2.00. The molecule has 0 aliphatic carbocycles. The van der Waals surface area contributed by atoms with Gasteiger partial charge in [-0.05, 0) is 24.3 Å². The SMILES string of the molecule is O=C1OC(CO)CN1c1ccc(OCC[C@@H](O)C(F)(F)F)cc1. The number of aliphatic hydroxyl groups excluding tert-OH is 2. The maximum absolute atomic E-state index is 12.1. The van der Waals surface area contributed by atoms with E-state index in [0.29, 0.717) is 11.4 Å². The van der Waals surface area contributed by atoms with Crippen LogP contribution in [0.2, 0.25) is 0 Å². The predicted octanol–water partition coefficient (Wildman–Crippen LogP) is 1.70. The minimum atomic E-state index is -4.66. The fourth-order valence-electron chi connectivity index (χ4n) is 2.00. The van der Waals surface area contributed by atoms with Gasteiger partial charge in [0.25, 0.3) is 0 Å². The van der Waals surface area contributed by atoms with Gasteiger partial charge in [0.15, 0.2) is 6.10 Å². The third kappa shape index (κ3) is 4.49. The van der Waals surface area contributed by atoms with Crippen molar-refractivity contribution in [2.75, 3.05) is 24.7 Å². The highest BCUT2D eigenvalue weighted by Crippen LogP contribution is 2.25.